The molecule has 0 bridgehead atoms. The molecule has 0 aliphatic heterocycles. The van der Waals surface area contributed by atoms with Crippen molar-refractivity contribution in [1.29, 1.82) is 0 Å². The molecular formula is C15H14O3. The normalized spacial score (nSPS) is 10.2. The van der Waals surface area contributed by atoms with E-state index in [2.05, 4.69) is 0 Å². The zero-order valence-corrected chi connectivity index (χ0v) is 9.84. The summed E-state index contributed by atoms with van der Waals surface area (Å²) in [7, 11) is 0. The summed E-state index contributed by atoms with van der Waals surface area (Å²) in [5.41, 5.74) is 1.25. The molecule has 92 valence electrons. The Bertz CT molecular complexity index is 547. The molecule has 3 heteroatoms. The molecular weight excluding hydrogens is 228 g/mol. The summed E-state index contributed by atoms with van der Waals surface area (Å²) in [6.07, 6.45) is 0.717. The lowest BCUT2D eigenvalue weighted by Gasteiger charge is -2.05. The fourth-order valence-corrected chi connectivity index (χ4v) is 1.79. The lowest BCUT2D eigenvalue weighted by molar-refractivity contribution is 0.0982. The van der Waals surface area contributed by atoms with E-state index in [-0.39, 0.29) is 17.3 Å². The Morgan fingerprint density at radius 3 is 2.44 bits per heavy atom. The molecule has 2 aromatic carbocycles. The lowest BCUT2D eigenvalue weighted by Crippen LogP contribution is -2.00. The number of ketones is 1. The Labute approximate surface area is 105 Å². The largest absolute Gasteiger partial charge is 0.508 e. The van der Waals surface area contributed by atoms with E-state index in [1.807, 2.05) is 18.2 Å². The molecule has 18 heavy (non-hydrogen) atoms. The Balaban J connectivity index is 2.04. The molecule has 0 saturated heterocycles. The molecule has 0 spiro atoms. The first-order chi connectivity index (χ1) is 8.66. The highest BCUT2D eigenvalue weighted by atomic mass is 16.3. The van der Waals surface area contributed by atoms with Crippen LogP contribution in [0.25, 0.3) is 0 Å². The second-order valence-electron chi connectivity index (χ2n) is 4.10. The highest BCUT2D eigenvalue weighted by molar-refractivity contribution is 5.96. The van der Waals surface area contributed by atoms with E-state index in [4.69, 9.17) is 0 Å². The summed E-state index contributed by atoms with van der Waals surface area (Å²) in [6.45, 7) is 0. The van der Waals surface area contributed by atoms with Crippen molar-refractivity contribution in [1.82, 2.24) is 0 Å². The molecule has 0 aliphatic rings. The minimum atomic E-state index is 0.0262. The minimum absolute atomic E-state index is 0.0262. The molecule has 0 aliphatic carbocycles. The molecule has 0 fully saturated rings. The van der Waals surface area contributed by atoms with Gasteiger partial charge in [-0.2, -0.15) is 0 Å². The molecule has 0 heterocycles. The van der Waals surface area contributed by atoms with Crippen LogP contribution in [-0.4, -0.2) is 16.0 Å². The average molecular weight is 242 g/mol. The summed E-state index contributed by atoms with van der Waals surface area (Å²) < 4.78 is 0. The first kappa shape index (κ1) is 12.2. The van der Waals surface area contributed by atoms with Gasteiger partial charge in [0.2, 0.25) is 0 Å². The van der Waals surface area contributed by atoms with Crippen molar-refractivity contribution in [2.45, 2.75) is 12.8 Å². The quantitative estimate of drug-likeness (QED) is 0.640. The first-order valence-electron chi connectivity index (χ1n) is 5.76. The van der Waals surface area contributed by atoms with Gasteiger partial charge in [0.25, 0.3) is 0 Å². The molecule has 2 N–H and O–H groups in total. The maximum absolute atomic E-state index is 11.9. The summed E-state index contributed by atoms with van der Waals surface area (Å²) in [6, 6.07) is 13.4. The van der Waals surface area contributed by atoms with Gasteiger partial charge in [-0.15, -0.1) is 0 Å². The second kappa shape index (κ2) is 5.36. The molecule has 0 amide bonds. The predicted octanol–water partition coefficient (Wildman–Crippen LogP) is 2.91. The summed E-state index contributed by atoms with van der Waals surface area (Å²) in [4.78, 5) is 11.9. The van der Waals surface area contributed by atoms with Crippen LogP contribution in [0.1, 0.15) is 22.3 Å². The fraction of sp³-hybridized carbons (Fsp3) is 0.133. The van der Waals surface area contributed by atoms with E-state index in [1.165, 1.54) is 18.2 Å². The van der Waals surface area contributed by atoms with Crippen LogP contribution in [0.3, 0.4) is 0 Å². The average Bonchev–Trinajstić information content (AvgIpc) is 2.40. The number of aromatic hydroxyl groups is 2. The number of rotatable bonds is 4. The van der Waals surface area contributed by atoms with Crippen molar-refractivity contribution in [2.24, 2.45) is 0 Å². The van der Waals surface area contributed by atoms with Crippen LogP contribution in [0.4, 0.5) is 0 Å². The van der Waals surface area contributed by atoms with Crippen LogP contribution in [0, 0.1) is 0 Å². The van der Waals surface area contributed by atoms with Crippen LogP contribution in [0.15, 0.2) is 48.5 Å². The van der Waals surface area contributed by atoms with Crippen molar-refractivity contribution in [3.8, 4) is 11.5 Å². The third-order valence-electron chi connectivity index (χ3n) is 2.78. The molecule has 2 rings (SSSR count). The smallest absolute Gasteiger partial charge is 0.163 e. The SMILES string of the molecule is O=C(CCc1cc(O)ccc1O)c1ccccc1. The van der Waals surface area contributed by atoms with E-state index in [9.17, 15) is 15.0 Å². The van der Waals surface area contributed by atoms with Gasteiger partial charge in [-0.1, -0.05) is 30.3 Å². The van der Waals surface area contributed by atoms with Gasteiger partial charge in [-0.05, 0) is 30.2 Å². The Morgan fingerprint density at radius 1 is 1.00 bits per heavy atom. The van der Waals surface area contributed by atoms with Gasteiger partial charge in [0.15, 0.2) is 5.78 Å². The number of Topliss-reactive ketones (excluding diaryl/α,β-unsaturated/α-hetero) is 1. The molecule has 3 nitrogen and oxygen atoms in total. The zero-order chi connectivity index (χ0) is 13.0. The van der Waals surface area contributed by atoms with Crippen molar-refractivity contribution >= 4 is 5.78 Å². The van der Waals surface area contributed by atoms with Gasteiger partial charge in [0, 0.05) is 12.0 Å². The van der Waals surface area contributed by atoms with Crippen molar-refractivity contribution in [3.05, 3.63) is 59.7 Å². The van der Waals surface area contributed by atoms with Gasteiger partial charge >= 0.3 is 0 Å². The van der Waals surface area contributed by atoms with Gasteiger partial charge < -0.3 is 10.2 Å². The van der Waals surface area contributed by atoms with Gasteiger partial charge in [0.05, 0.1) is 0 Å². The summed E-state index contributed by atoms with van der Waals surface area (Å²) in [5, 5.41) is 18.9. The van der Waals surface area contributed by atoms with Gasteiger partial charge in [0.1, 0.15) is 11.5 Å². The number of aryl methyl sites for hydroxylation is 1. The first-order valence-corrected chi connectivity index (χ1v) is 5.76. The molecule has 0 unspecified atom stereocenters. The predicted molar refractivity (Wildman–Crippen MR) is 68.9 cm³/mol. The molecule has 0 aromatic heterocycles. The number of carbonyl (C=O) groups is 1. The van der Waals surface area contributed by atoms with E-state index < -0.39 is 0 Å². The Morgan fingerprint density at radius 2 is 1.72 bits per heavy atom. The summed E-state index contributed by atoms with van der Waals surface area (Å²) in [5.74, 6) is 0.224. The number of hydrogen-bond acceptors (Lipinski definition) is 3. The zero-order valence-electron chi connectivity index (χ0n) is 9.84. The Kier molecular flexibility index (Phi) is 3.63. The maximum atomic E-state index is 11.9. The monoisotopic (exact) mass is 242 g/mol. The third kappa shape index (κ3) is 2.88. The molecule has 2 aromatic rings. The van der Waals surface area contributed by atoms with Crippen molar-refractivity contribution in [3.63, 3.8) is 0 Å². The highest BCUT2D eigenvalue weighted by Gasteiger charge is 2.08. The van der Waals surface area contributed by atoms with Gasteiger partial charge in [-0.25, -0.2) is 0 Å². The van der Waals surface area contributed by atoms with E-state index in [1.54, 1.807) is 12.1 Å². The van der Waals surface area contributed by atoms with Crippen LogP contribution in [0.5, 0.6) is 11.5 Å². The number of hydrogen-bond donors (Lipinski definition) is 2. The number of benzene rings is 2. The van der Waals surface area contributed by atoms with Crippen molar-refractivity contribution in [2.75, 3.05) is 0 Å². The topological polar surface area (TPSA) is 57.5 Å². The Hall–Kier alpha value is -2.29. The maximum Gasteiger partial charge on any atom is 0.163 e. The molecule has 0 saturated carbocycles. The van der Waals surface area contributed by atoms with Gasteiger partial charge in [-0.3, -0.25) is 4.79 Å². The number of phenols is 2. The van der Waals surface area contributed by atoms with Crippen molar-refractivity contribution < 1.29 is 15.0 Å². The summed E-state index contributed by atoms with van der Waals surface area (Å²) >= 11 is 0. The fourth-order valence-electron chi connectivity index (χ4n) is 1.79. The van der Waals surface area contributed by atoms with E-state index in [0.29, 0.717) is 24.0 Å². The molecule has 0 radical (unpaired) electrons. The number of carbonyl (C=O) groups excluding carboxylic acids is 1. The highest BCUT2D eigenvalue weighted by Crippen LogP contribution is 2.23. The van der Waals surface area contributed by atoms with Crippen LogP contribution in [-0.2, 0) is 6.42 Å². The van der Waals surface area contributed by atoms with Crippen LogP contribution >= 0.6 is 0 Å². The molecule has 0 atom stereocenters. The lowest BCUT2D eigenvalue weighted by atomic mass is 10.0. The minimum Gasteiger partial charge on any atom is -0.508 e. The number of phenolic OH excluding ortho intramolecular Hbond substituents is 2. The van der Waals surface area contributed by atoms with Crippen LogP contribution < -0.4 is 0 Å². The third-order valence-corrected chi connectivity index (χ3v) is 2.78. The second-order valence-corrected chi connectivity index (χ2v) is 4.10. The standard InChI is InChI=1S/C15H14O3/c16-13-7-9-15(18)12(10-13)6-8-14(17)11-4-2-1-3-5-11/h1-5,7,9-10,16,18H,6,8H2. The van der Waals surface area contributed by atoms with E-state index >= 15 is 0 Å². The van der Waals surface area contributed by atoms with E-state index in [0.717, 1.165) is 0 Å². The van der Waals surface area contributed by atoms with Crippen LogP contribution in [0.2, 0.25) is 0 Å².